The van der Waals surface area contributed by atoms with E-state index in [1.54, 1.807) is 30.5 Å². The summed E-state index contributed by atoms with van der Waals surface area (Å²) in [7, 11) is 0. The van der Waals surface area contributed by atoms with Gasteiger partial charge in [0.05, 0.1) is 0 Å². The molecular weight excluding hydrogens is 288 g/mol. The first-order valence-electron chi connectivity index (χ1n) is 6.82. The average molecular weight is 307 g/mol. The predicted octanol–water partition coefficient (Wildman–Crippen LogP) is 2.57. The highest BCUT2D eigenvalue weighted by molar-refractivity contribution is 6.30. The Hall–Kier alpha value is -1.62. The number of nitrogens with one attached hydrogen (secondary N) is 1. The van der Waals surface area contributed by atoms with Crippen molar-refractivity contribution in [1.29, 1.82) is 0 Å². The number of pyridine rings is 1. The van der Waals surface area contributed by atoms with Crippen molar-refractivity contribution in [3.8, 4) is 5.75 Å². The minimum absolute atomic E-state index is 0.240. The molecule has 21 heavy (non-hydrogen) atoms. The van der Waals surface area contributed by atoms with Crippen molar-refractivity contribution in [2.75, 3.05) is 13.2 Å². The molecule has 0 bridgehead atoms. The summed E-state index contributed by atoms with van der Waals surface area (Å²) in [5, 5.41) is 13.8. The molecule has 1 unspecified atom stereocenters. The topological polar surface area (TPSA) is 54.4 Å². The summed E-state index contributed by atoms with van der Waals surface area (Å²) in [5.74, 6) is 0.698. The normalized spacial score (nSPS) is 12.1. The molecule has 112 valence electrons. The van der Waals surface area contributed by atoms with Crippen molar-refractivity contribution in [1.82, 2.24) is 10.3 Å². The molecule has 1 heterocycles. The zero-order valence-electron chi connectivity index (χ0n) is 11.9. The molecule has 1 aromatic heterocycles. The summed E-state index contributed by atoms with van der Waals surface area (Å²) in [6.07, 6.45) is 3.03. The Balaban J connectivity index is 1.69. The van der Waals surface area contributed by atoms with Gasteiger partial charge in [-0.1, -0.05) is 11.6 Å². The van der Waals surface area contributed by atoms with Crippen molar-refractivity contribution < 1.29 is 9.84 Å². The summed E-state index contributed by atoms with van der Waals surface area (Å²) >= 11 is 5.79. The van der Waals surface area contributed by atoms with E-state index in [-0.39, 0.29) is 6.61 Å². The van der Waals surface area contributed by atoms with Gasteiger partial charge in [0.25, 0.3) is 0 Å². The van der Waals surface area contributed by atoms with E-state index in [0.717, 1.165) is 5.56 Å². The molecule has 1 atom stereocenters. The molecular formula is C16H19ClN2O2. The van der Waals surface area contributed by atoms with Gasteiger partial charge in [-0.3, -0.25) is 4.98 Å². The van der Waals surface area contributed by atoms with Gasteiger partial charge in [-0.2, -0.15) is 0 Å². The molecule has 0 radical (unpaired) electrons. The molecule has 4 nitrogen and oxygen atoms in total. The van der Waals surface area contributed by atoms with Crippen molar-refractivity contribution in [3.05, 3.63) is 58.9 Å². The van der Waals surface area contributed by atoms with Crippen LogP contribution in [0.5, 0.6) is 5.75 Å². The lowest BCUT2D eigenvalue weighted by Crippen LogP contribution is -2.31. The monoisotopic (exact) mass is 306 g/mol. The van der Waals surface area contributed by atoms with Crippen LogP contribution in [0.3, 0.4) is 0 Å². The molecule has 0 saturated carbocycles. The van der Waals surface area contributed by atoms with Crippen molar-refractivity contribution >= 4 is 11.6 Å². The van der Waals surface area contributed by atoms with Crippen LogP contribution < -0.4 is 10.1 Å². The van der Waals surface area contributed by atoms with Crippen LogP contribution >= 0.6 is 11.6 Å². The second-order valence-electron chi connectivity index (χ2n) is 4.85. The van der Waals surface area contributed by atoms with E-state index in [1.807, 2.05) is 19.2 Å². The van der Waals surface area contributed by atoms with Crippen LogP contribution in [0.2, 0.25) is 5.02 Å². The van der Waals surface area contributed by atoms with Gasteiger partial charge in [0, 0.05) is 30.5 Å². The van der Waals surface area contributed by atoms with Crippen molar-refractivity contribution in [2.24, 2.45) is 0 Å². The number of aliphatic hydroxyl groups is 1. The number of nitrogens with zero attached hydrogens (tertiary/aromatic N) is 1. The number of hydrogen-bond acceptors (Lipinski definition) is 4. The lowest BCUT2D eigenvalue weighted by Gasteiger charge is -2.14. The zero-order chi connectivity index (χ0) is 15.1. The summed E-state index contributed by atoms with van der Waals surface area (Å²) in [5.41, 5.74) is 2.31. The Bertz CT molecular complexity index is 560. The number of hydrogen-bond donors (Lipinski definition) is 2. The van der Waals surface area contributed by atoms with E-state index < -0.39 is 6.10 Å². The fourth-order valence-electron chi connectivity index (χ4n) is 1.86. The van der Waals surface area contributed by atoms with Gasteiger partial charge in [-0.05, 0) is 48.4 Å². The first-order chi connectivity index (χ1) is 10.1. The standard InChI is InChI=1S/C16H19ClN2O2/c1-12-8-18-7-6-13(12)9-19-10-15(20)11-21-16-4-2-14(17)3-5-16/h2-8,15,19-20H,9-11H2,1H3. The third-order valence-electron chi connectivity index (χ3n) is 3.09. The van der Waals surface area contributed by atoms with Crippen LogP contribution in [0, 0.1) is 6.92 Å². The van der Waals surface area contributed by atoms with E-state index in [1.165, 1.54) is 5.56 Å². The van der Waals surface area contributed by atoms with E-state index in [4.69, 9.17) is 16.3 Å². The Morgan fingerprint density at radius 3 is 2.76 bits per heavy atom. The first kappa shape index (κ1) is 15.8. The summed E-state index contributed by atoms with van der Waals surface area (Å²) in [6.45, 7) is 3.43. The number of benzene rings is 1. The molecule has 0 aliphatic heterocycles. The van der Waals surface area contributed by atoms with Gasteiger partial charge < -0.3 is 15.2 Å². The maximum Gasteiger partial charge on any atom is 0.119 e. The van der Waals surface area contributed by atoms with Crippen LogP contribution in [-0.4, -0.2) is 29.3 Å². The largest absolute Gasteiger partial charge is 0.491 e. The lowest BCUT2D eigenvalue weighted by molar-refractivity contribution is 0.106. The Labute approximate surface area is 129 Å². The smallest absolute Gasteiger partial charge is 0.119 e. The molecule has 0 fully saturated rings. The Morgan fingerprint density at radius 2 is 2.05 bits per heavy atom. The SMILES string of the molecule is Cc1cnccc1CNCC(O)COc1ccc(Cl)cc1. The molecule has 2 aromatic rings. The van der Waals surface area contributed by atoms with Gasteiger partial charge in [0.2, 0.25) is 0 Å². The molecule has 0 aliphatic rings. The van der Waals surface area contributed by atoms with Crippen LogP contribution in [0.15, 0.2) is 42.7 Å². The van der Waals surface area contributed by atoms with E-state index in [2.05, 4.69) is 10.3 Å². The molecule has 0 spiro atoms. The number of aromatic nitrogens is 1. The van der Waals surface area contributed by atoms with E-state index in [9.17, 15) is 5.11 Å². The lowest BCUT2D eigenvalue weighted by atomic mass is 10.1. The Morgan fingerprint density at radius 1 is 1.29 bits per heavy atom. The number of ether oxygens (including phenoxy) is 1. The number of halogens is 1. The quantitative estimate of drug-likeness (QED) is 0.825. The predicted molar refractivity (Wildman–Crippen MR) is 83.6 cm³/mol. The molecule has 0 aliphatic carbocycles. The van der Waals surface area contributed by atoms with Crippen LogP contribution in [-0.2, 0) is 6.54 Å². The van der Waals surface area contributed by atoms with Crippen LogP contribution in [0.25, 0.3) is 0 Å². The molecule has 5 heteroatoms. The average Bonchev–Trinajstić information content (AvgIpc) is 2.49. The minimum atomic E-state index is -0.567. The van der Waals surface area contributed by atoms with Crippen LogP contribution in [0.4, 0.5) is 0 Å². The van der Waals surface area contributed by atoms with E-state index >= 15 is 0 Å². The summed E-state index contributed by atoms with van der Waals surface area (Å²) in [6, 6.07) is 9.05. The Kier molecular flexibility index (Phi) is 5.99. The second kappa shape index (κ2) is 7.98. The maximum atomic E-state index is 9.89. The zero-order valence-corrected chi connectivity index (χ0v) is 12.7. The highest BCUT2D eigenvalue weighted by Gasteiger charge is 2.05. The number of aryl methyl sites for hydroxylation is 1. The van der Waals surface area contributed by atoms with Gasteiger partial charge in [-0.25, -0.2) is 0 Å². The number of aliphatic hydroxyl groups excluding tert-OH is 1. The molecule has 0 amide bonds. The van der Waals surface area contributed by atoms with Gasteiger partial charge in [0.15, 0.2) is 0 Å². The van der Waals surface area contributed by atoms with E-state index in [0.29, 0.717) is 23.9 Å². The fraction of sp³-hybridized carbons (Fsp3) is 0.312. The highest BCUT2D eigenvalue weighted by atomic mass is 35.5. The highest BCUT2D eigenvalue weighted by Crippen LogP contribution is 2.15. The third kappa shape index (κ3) is 5.34. The molecule has 2 N–H and O–H groups in total. The van der Waals surface area contributed by atoms with Crippen molar-refractivity contribution in [2.45, 2.75) is 19.6 Å². The van der Waals surface area contributed by atoms with Crippen LogP contribution in [0.1, 0.15) is 11.1 Å². The molecule has 0 saturated heterocycles. The molecule has 1 aromatic carbocycles. The van der Waals surface area contributed by atoms with Gasteiger partial charge in [-0.15, -0.1) is 0 Å². The first-order valence-corrected chi connectivity index (χ1v) is 7.19. The van der Waals surface area contributed by atoms with Gasteiger partial charge in [0.1, 0.15) is 18.5 Å². The second-order valence-corrected chi connectivity index (χ2v) is 5.29. The maximum absolute atomic E-state index is 9.89. The fourth-order valence-corrected chi connectivity index (χ4v) is 1.98. The number of rotatable bonds is 7. The summed E-state index contributed by atoms with van der Waals surface area (Å²) in [4.78, 5) is 4.05. The van der Waals surface area contributed by atoms with Gasteiger partial charge >= 0.3 is 0 Å². The molecule has 2 rings (SSSR count). The van der Waals surface area contributed by atoms with Crippen molar-refractivity contribution in [3.63, 3.8) is 0 Å². The summed E-state index contributed by atoms with van der Waals surface area (Å²) < 4.78 is 5.49. The minimum Gasteiger partial charge on any atom is -0.491 e. The third-order valence-corrected chi connectivity index (χ3v) is 3.34.